The number of nitrogens with zero attached hydrogens (tertiary/aromatic N) is 2. The van der Waals surface area contributed by atoms with E-state index in [0.29, 0.717) is 18.8 Å². The van der Waals surface area contributed by atoms with Crippen LogP contribution in [-0.2, 0) is 4.74 Å². The molecule has 2 heterocycles. The molecular formula is C16H24N2O2S2. The van der Waals surface area contributed by atoms with E-state index in [-0.39, 0.29) is 12.0 Å². The van der Waals surface area contributed by atoms with Crippen LogP contribution in [0.5, 0.6) is 0 Å². The molecule has 0 N–H and O–H groups in total. The Morgan fingerprint density at radius 2 is 2.27 bits per heavy atom. The maximum absolute atomic E-state index is 12.6. The zero-order valence-corrected chi connectivity index (χ0v) is 14.8. The Balaban J connectivity index is 1.56. The summed E-state index contributed by atoms with van der Waals surface area (Å²) in [7, 11) is 0. The number of amides is 1. The minimum atomic E-state index is 0.0634. The van der Waals surface area contributed by atoms with E-state index in [1.807, 2.05) is 16.5 Å². The van der Waals surface area contributed by atoms with Crippen molar-refractivity contribution in [3.05, 3.63) is 11.1 Å². The van der Waals surface area contributed by atoms with Gasteiger partial charge in [0, 0.05) is 18.5 Å². The molecule has 1 saturated carbocycles. The Hall–Kier alpha value is -0.590. The van der Waals surface area contributed by atoms with E-state index in [1.165, 1.54) is 32.1 Å². The molecule has 1 saturated heterocycles. The molecule has 0 bridgehead atoms. The summed E-state index contributed by atoms with van der Waals surface area (Å²) in [6.45, 7) is 2.07. The maximum Gasteiger partial charge on any atom is 0.273 e. The smallest absolute Gasteiger partial charge is 0.273 e. The van der Waals surface area contributed by atoms with Gasteiger partial charge in [-0.15, -0.1) is 11.3 Å². The molecule has 22 heavy (non-hydrogen) atoms. The molecule has 3 rings (SSSR count). The number of aromatic nitrogens is 1. The molecule has 0 spiro atoms. The van der Waals surface area contributed by atoms with E-state index < -0.39 is 0 Å². The van der Waals surface area contributed by atoms with Crippen molar-refractivity contribution in [3.8, 4) is 0 Å². The topological polar surface area (TPSA) is 42.4 Å². The van der Waals surface area contributed by atoms with Gasteiger partial charge in [-0.05, 0) is 18.6 Å². The lowest BCUT2D eigenvalue weighted by Crippen LogP contribution is -2.46. The molecule has 0 aromatic carbocycles. The summed E-state index contributed by atoms with van der Waals surface area (Å²) in [6.07, 6.45) is 10.1. The van der Waals surface area contributed by atoms with E-state index >= 15 is 0 Å². The molecule has 4 nitrogen and oxygen atoms in total. The van der Waals surface area contributed by atoms with E-state index in [2.05, 4.69) is 4.98 Å². The second-order valence-electron chi connectivity index (χ2n) is 6.19. The Labute approximate surface area is 140 Å². The van der Waals surface area contributed by atoms with E-state index in [0.717, 1.165) is 23.2 Å². The van der Waals surface area contributed by atoms with Crippen molar-refractivity contribution in [2.75, 3.05) is 26.0 Å². The second kappa shape index (κ2) is 7.79. The van der Waals surface area contributed by atoms with Crippen molar-refractivity contribution in [2.24, 2.45) is 5.92 Å². The molecule has 1 aromatic heterocycles. The lowest BCUT2D eigenvalue weighted by atomic mass is 9.85. The molecule has 1 aliphatic carbocycles. The molecule has 122 valence electrons. The minimum Gasteiger partial charge on any atom is -0.375 e. The molecule has 1 unspecified atom stereocenters. The summed E-state index contributed by atoms with van der Waals surface area (Å²) < 4.78 is 6.86. The zero-order chi connectivity index (χ0) is 15.4. The lowest BCUT2D eigenvalue weighted by Gasteiger charge is -2.35. The van der Waals surface area contributed by atoms with Gasteiger partial charge in [-0.2, -0.15) is 0 Å². The third-order valence-electron chi connectivity index (χ3n) is 4.62. The first-order valence-corrected chi connectivity index (χ1v) is 10.3. The van der Waals surface area contributed by atoms with Crippen LogP contribution in [0, 0.1) is 5.92 Å². The number of thioether (sulfide) groups is 1. The predicted molar refractivity (Wildman–Crippen MR) is 90.7 cm³/mol. The number of hydrogen-bond donors (Lipinski definition) is 0. The molecule has 6 heteroatoms. The van der Waals surface area contributed by atoms with Crippen molar-refractivity contribution in [1.82, 2.24) is 9.88 Å². The number of hydrogen-bond acceptors (Lipinski definition) is 5. The van der Waals surface area contributed by atoms with Gasteiger partial charge in [0.1, 0.15) is 10.0 Å². The molecule has 1 aromatic rings. The van der Waals surface area contributed by atoms with Crippen LogP contribution < -0.4 is 0 Å². The van der Waals surface area contributed by atoms with Gasteiger partial charge in [-0.25, -0.2) is 4.98 Å². The van der Waals surface area contributed by atoms with Crippen molar-refractivity contribution >= 4 is 29.0 Å². The van der Waals surface area contributed by atoms with E-state index in [4.69, 9.17) is 4.74 Å². The number of ether oxygens (including phenoxy) is 1. The van der Waals surface area contributed by atoms with Crippen molar-refractivity contribution in [1.29, 1.82) is 0 Å². The fourth-order valence-corrected chi connectivity index (χ4v) is 4.69. The summed E-state index contributed by atoms with van der Waals surface area (Å²) >= 11 is 3.13. The van der Waals surface area contributed by atoms with Gasteiger partial charge in [-0.1, -0.05) is 43.9 Å². The Morgan fingerprint density at radius 1 is 1.45 bits per heavy atom. The van der Waals surface area contributed by atoms with Crippen LogP contribution in [0.3, 0.4) is 0 Å². The van der Waals surface area contributed by atoms with Gasteiger partial charge in [0.15, 0.2) is 0 Å². The third kappa shape index (κ3) is 4.03. The first-order valence-electron chi connectivity index (χ1n) is 8.16. The molecule has 2 fully saturated rings. The van der Waals surface area contributed by atoms with Crippen LogP contribution in [0.4, 0.5) is 0 Å². The number of thiazole rings is 1. The highest BCUT2D eigenvalue weighted by molar-refractivity contribution is 8.00. The molecule has 1 aliphatic heterocycles. The number of rotatable bonds is 4. The highest BCUT2D eigenvalue weighted by Gasteiger charge is 2.28. The first kappa shape index (κ1) is 16.3. The van der Waals surface area contributed by atoms with Crippen LogP contribution in [0.2, 0.25) is 0 Å². The fourth-order valence-electron chi connectivity index (χ4n) is 3.45. The molecule has 2 aliphatic rings. The van der Waals surface area contributed by atoms with E-state index in [1.54, 1.807) is 23.1 Å². The van der Waals surface area contributed by atoms with Gasteiger partial charge in [0.05, 0.1) is 12.7 Å². The highest BCUT2D eigenvalue weighted by Crippen LogP contribution is 2.29. The van der Waals surface area contributed by atoms with Crippen LogP contribution in [0.1, 0.15) is 49.0 Å². The molecule has 1 atom stereocenters. The quantitative estimate of drug-likeness (QED) is 0.784. The number of carbonyl (C=O) groups excluding carboxylic acids is 1. The Morgan fingerprint density at radius 3 is 3.00 bits per heavy atom. The van der Waals surface area contributed by atoms with Gasteiger partial charge in [-0.3, -0.25) is 4.79 Å². The van der Waals surface area contributed by atoms with Crippen LogP contribution in [0.25, 0.3) is 0 Å². The molecular weight excluding hydrogens is 316 g/mol. The summed E-state index contributed by atoms with van der Waals surface area (Å²) in [5, 5.41) is 1.87. The van der Waals surface area contributed by atoms with Crippen molar-refractivity contribution in [3.63, 3.8) is 0 Å². The summed E-state index contributed by atoms with van der Waals surface area (Å²) in [5.41, 5.74) is 0.590. The number of carbonyl (C=O) groups is 1. The zero-order valence-electron chi connectivity index (χ0n) is 13.1. The summed E-state index contributed by atoms with van der Waals surface area (Å²) in [5.74, 6) is 0.852. The molecule has 1 amide bonds. The van der Waals surface area contributed by atoms with Gasteiger partial charge >= 0.3 is 0 Å². The van der Waals surface area contributed by atoms with Gasteiger partial charge in [0.25, 0.3) is 5.91 Å². The second-order valence-corrected chi connectivity index (χ2v) is 8.10. The van der Waals surface area contributed by atoms with Crippen LogP contribution >= 0.6 is 23.1 Å². The lowest BCUT2D eigenvalue weighted by molar-refractivity contribution is -0.0338. The minimum absolute atomic E-state index is 0.0634. The van der Waals surface area contributed by atoms with Gasteiger partial charge < -0.3 is 9.64 Å². The van der Waals surface area contributed by atoms with Crippen molar-refractivity contribution in [2.45, 2.75) is 49.0 Å². The summed E-state index contributed by atoms with van der Waals surface area (Å²) in [6, 6.07) is 0. The van der Waals surface area contributed by atoms with Gasteiger partial charge in [0.2, 0.25) is 0 Å². The average Bonchev–Trinajstić information content (AvgIpc) is 3.04. The van der Waals surface area contributed by atoms with Crippen LogP contribution in [0.15, 0.2) is 9.72 Å². The van der Waals surface area contributed by atoms with Crippen molar-refractivity contribution < 1.29 is 9.53 Å². The average molecular weight is 341 g/mol. The predicted octanol–water partition coefficient (Wildman–Crippen LogP) is 3.68. The fraction of sp³-hybridized carbons (Fsp3) is 0.750. The largest absolute Gasteiger partial charge is 0.375 e. The third-order valence-corrected chi connectivity index (χ3v) is 6.49. The Bertz CT molecular complexity index is 500. The Kier molecular flexibility index (Phi) is 5.77. The van der Waals surface area contributed by atoms with E-state index in [9.17, 15) is 4.79 Å². The molecule has 0 radical (unpaired) electrons. The monoisotopic (exact) mass is 340 g/mol. The SMILES string of the molecule is CSc1nc(C(=O)N2CCOC(CC3CCCCC3)C2)cs1. The van der Waals surface area contributed by atoms with Crippen LogP contribution in [-0.4, -0.2) is 47.8 Å². The maximum atomic E-state index is 12.6. The normalized spacial score (nSPS) is 23.7. The standard InChI is InChI=1S/C16H24N2O2S2/c1-21-16-17-14(11-22-16)15(19)18-7-8-20-13(10-18)9-12-5-3-2-4-6-12/h11-13H,2-10H2,1H3. The summed E-state index contributed by atoms with van der Waals surface area (Å²) in [4.78, 5) is 18.9. The number of morpholine rings is 1. The first-order chi connectivity index (χ1) is 10.8. The highest BCUT2D eigenvalue weighted by atomic mass is 32.2.